The van der Waals surface area contributed by atoms with Crippen LogP contribution in [0.1, 0.15) is 40.3 Å². The molecule has 1 fully saturated rings. The molecule has 1 N–H and O–H groups in total. The zero-order valence-corrected chi connectivity index (χ0v) is 26.4. The highest BCUT2D eigenvalue weighted by molar-refractivity contribution is 6.04. The third kappa shape index (κ3) is 5.52. The molecule has 0 saturated carbocycles. The average molecular weight is 622 g/mol. The van der Waals surface area contributed by atoms with Crippen LogP contribution in [0.2, 0.25) is 0 Å². The second-order valence-electron chi connectivity index (χ2n) is 12.3. The van der Waals surface area contributed by atoms with Crippen molar-refractivity contribution in [3.05, 3.63) is 83.3 Å². The first kappa shape index (κ1) is 30.0. The quantitative estimate of drug-likeness (QED) is 0.241. The highest BCUT2D eigenvalue weighted by Crippen LogP contribution is 2.39. The molecule has 0 bridgehead atoms. The van der Waals surface area contributed by atoms with E-state index in [-0.39, 0.29) is 12.5 Å². The van der Waals surface area contributed by atoms with Gasteiger partial charge in [-0.3, -0.25) is 9.48 Å². The van der Waals surface area contributed by atoms with Crippen molar-refractivity contribution in [2.45, 2.75) is 38.9 Å². The number of aryl methyl sites for hydroxylation is 3. The molecule has 0 radical (unpaired) electrons. The van der Waals surface area contributed by atoms with Gasteiger partial charge in [0.2, 0.25) is 5.91 Å². The Morgan fingerprint density at radius 1 is 1.00 bits per heavy atom. The van der Waals surface area contributed by atoms with Crippen LogP contribution in [-0.2, 0) is 42.6 Å². The predicted octanol–water partition coefficient (Wildman–Crippen LogP) is 5.10. The molecule has 0 unspecified atom stereocenters. The van der Waals surface area contributed by atoms with Gasteiger partial charge in [0.1, 0.15) is 18.1 Å². The van der Waals surface area contributed by atoms with Crippen LogP contribution in [-0.4, -0.2) is 81.1 Å². The molecule has 2 aliphatic heterocycles. The Bertz CT molecular complexity index is 1940. The number of carbonyl (C=O) groups is 2. The highest BCUT2D eigenvalue weighted by atomic mass is 16.5. The van der Waals surface area contributed by atoms with Gasteiger partial charge in [-0.05, 0) is 49.9 Å². The lowest BCUT2D eigenvalue weighted by Gasteiger charge is -2.26. The van der Waals surface area contributed by atoms with Crippen LogP contribution in [0.5, 0.6) is 5.75 Å². The van der Waals surface area contributed by atoms with Crippen molar-refractivity contribution < 1.29 is 24.2 Å². The van der Waals surface area contributed by atoms with E-state index in [1.54, 1.807) is 4.90 Å². The molecule has 3 aromatic carbocycles. The minimum Gasteiger partial charge on any atom is -0.493 e. The van der Waals surface area contributed by atoms with E-state index < -0.39 is 5.97 Å². The molecular formula is C36H39N5O5. The largest absolute Gasteiger partial charge is 0.493 e. The molecule has 46 heavy (non-hydrogen) atoms. The lowest BCUT2D eigenvalue weighted by molar-refractivity contribution is -0.143. The SMILES string of the molecule is CN1CCCn2c(C(=O)O)c(CCCOc3cccc4ccccc34)c3cccc(c32)-c2c(CN3CCOCC3=O)nn(C)c2C1. The van der Waals surface area contributed by atoms with Gasteiger partial charge < -0.3 is 28.9 Å². The Kier molecular flexibility index (Phi) is 8.23. The maximum absolute atomic E-state index is 13.0. The molecule has 238 valence electrons. The molecule has 10 nitrogen and oxygen atoms in total. The number of rotatable bonds is 8. The molecule has 7 rings (SSSR count). The first-order valence-electron chi connectivity index (χ1n) is 16.0. The van der Waals surface area contributed by atoms with Crippen molar-refractivity contribution in [2.24, 2.45) is 7.05 Å². The molecule has 4 heterocycles. The predicted molar refractivity (Wildman–Crippen MR) is 176 cm³/mol. The van der Waals surface area contributed by atoms with Crippen molar-refractivity contribution in [1.82, 2.24) is 24.1 Å². The summed E-state index contributed by atoms with van der Waals surface area (Å²) in [7, 11) is 4.03. The smallest absolute Gasteiger partial charge is 0.352 e. The number of benzene rings is 3. The molecular weight excluding hydrogens is 582 g/mol. The van der Waals surface area contributed by atoms with Crippen molar-refractivity contribution in [3.8, 4) is 16.9 Å². The van der Waals surface area contributed by atoms with Gasteiger partial charge in [-0.25, -0.2) is 4.79 Å². The minimum atomic E-state index is -0.928. The normalized spacial score (nSPS) is 15.8. The van der Waals surface area contributed by atoms with E-state index in [2.05, 4.69) is 36.2 Å². The van der Waals surface area contributed by atoms with E-state index in [0.29, 0.717) is 57.9 Å². The fourth-order valence-corrected chi connectivity index (χ4v) is 7.11. The number of hydrogen-bond donors (Lipinski definition) is 1. The number of nitrogens with zero attached hydrogens (tertiary/aromatic N) is 5. The number of morpholine rings is 1. The number of carboxylic acid groups (broad SMARTS) is 1. The maximum atomic E-state index is 13.0. The second kappa shape index (κ2) is 12.6. The number of aromatic carboxylic acids is 1. The summed E-state index contributed by atoms with van der Waals surface area (Å²) in [4.78, 5) is 29.8. The summed E-state index contributed by atoms with van der Waals surface area (Å²) >= 11 is 0. The van der Waals surface area contributed by atoms with Crippen LogP contribution in [0, 0.1) is 0 Å². The van der Waals surface area contributed by atoms with E-state index in [9.17, 15) is 14.7 Å². The number of fused-ring (bicyclic) bond motifs is 3. The van der Waals surface area contributed by atoms with E-state index in [1.807, 2.05) is 52.7 Å². The molecule has 0 aliphatic carbocycles. The Balaban J connectivity index is 1.29. The Labute approximate surface area is 267 Å². The number of hydrogen-bond acceptors (Lipinski definition) is 6. The first-order valence-corrected chi connectivity index (χ1v) is 16.0. The number of carbonyl (C=O) groups excluding carboxylic acids is 1. The summed E-state index contributed by atoms with van der Waals surface area (Å²) in [6.07, 6.45) is 2.03. The average Bonchev–Trinajstić information content (AvgIpc) is 3.53. The molecule has 5 aromatic rings. The third-order valence-corrected chi connectivity index (χ3v) is 9.24. The fourth-order valence-electron chi connectivity index (χ4n) is 7.11. The van der Waals surface area contributed by atoms with E-state index in [0.717, 1.165) is 68.5 Å². The molecule has 0 atom stereocenters. The Hall–Kier alpha value is -4.67. The molecule has 1 saturated heterocycles. The van der Waals surface area contributed by atoms with Crippen molar-refractivity contribution in [3.63, 3.8) is 0 Å². The molecule has 10 heteroatoms. The van der Waals surface area contributed by atoms with E-state index in [4.69, 9.17) is 14.6 Å². The van der Waals surface area contributed by atoms with Crippen molar-refractivity contribution >= 4 is 33.6 Å². The Morgan fingerprint density at radius 2 is 1.80 bits per heavy atom. The maximum Gasteiger partial charge on any atom is 0.352 e. The number of aromatic nitrogens is 3. The summed E-state index contributed by atoms with van der Waals surface area (Å²) < 4.78 is 15.5. The number of carboxylic acids is 1. The van der Waals surface area contributed by atoms with Crippen LogP contribution in [0.3, 0.4) is 0 Å². The topological polar surface area (TPSA) is 102 Å². The number of para-hydroxylation sites is 1. The van der Waals surface area contributed by atoms with Crippen LogP contribution in [0.25, 0.3) is 32.8 Å². The lowest BCUT2D eigenvalue weighted by Crippen LogP contribution is -2.41. The number of amides is 1. The summed E-state index contributed by atoms with van der Waals surface area (Å²) in [5, 5.41) is 18.7. The van der Waals surface area contributed by atoms with Crippen molar-refractivity contribution in [2.75, 3.05) is 40.0 Å². The standard InChI is InChI=1S/C36H39N5O5/c1-38-16-8-17-41-34-26(27(35(41)36(43)44)14-7-19-46-31-15-5-10-24-9-3-4-11-25(24)31)12-6-13-28(34)33-29(37-39(2)30(33)22-38)21-40-18-20-45-23-32(40)42/h3-6,9-13,15H,7-8,14,16-23H2,1-2H3,(H,43,44). The van der Waals surface area contributed by atoms with Gasteiger partial charge in [0.05, 0.1) is 36.7 Å². The molecule has 1 amide bonds. The van der Waals surface area contributed by atoms with Crippen molar-refractivity contribution in [1.29, 1.82) is 0 Å². The van der Waals surface area contributed by atoms with Gasteiger partial charge >= 0.3 is 5.97 Å². The zero-order chi connectivity index (χ0) is 31.8. The van der Waals surface area contributed by atoms with Gasteiger partial charge in [-0.2, -0.15) is 5.10 Å². The Morgan fingerprint density at radius 3 is 2.65 bits per heavy atom. The summed E-state index contributed by atoms with van der Waals surface area (Å²) in [5.74, 6) is -0.146. The van der Waals surface area contributed by atoms with Crippen LogP contribution < -0.4 is 4.74 Å². The first-order chi connectivity index (χ1) is 22.4. The summed E-state index contributed by atoms with van der Waals surface area (Å²) in [5.41, 5.74) is 5.86. The van der Waals surface area contributed by atoms with Gasteiger partial charge in [0.25, 0.3) is 0 Å². The molecule has 0 spiro atoms. The summed E-state index contributed by atoms with van der Waals surface area (Å²) in [6, 6.07) is 20.3. The highest BCUT2D eigenvalue weighted by Gasteiger charge is 2.30. The van der Waals surface area contributed by atoms with Crippen LogP contribution >= 0.6 is 0 Å². The number of ether oxygens (including phenoxy) is 2. The second-order valence-corrected chi connectivity index (χ2v) is 12.3. The molecule has 2 aliphatic rings. The van der Waals surface area contributed by atoms with Crippen LogP contribution in [0.15, 0.2) is 60.7 Å². The summed E-state index contributed by atoms with van der Waals surface area (Å²) in [6.45, 7) is 4.00. The van der Waals surface area contributed by atoms with Gasteiger partial charge in [0, 0.05) is 48.6 Å². The monoisotopic (exact) mass is 621 g/mol. The van der Waals surface area contributed by atoms with E-state index >= 15 is 0 Å². The fraction of sp³-hybridized carbons (Fsp3) is 0.361. The van der Waals surface area contributed by atoms with Gasteiger partial charge in [0.15, 0.2) is 0 Å². The van der Waals surface area contributed by atoms with Gasteiger partial charge in [-0.15, -0.1) is 0 Å². The third-order valence-electron chi connectivity index (χ3n) is 9.24. The van der Waals surface area contributed by atoms with Gasteiger partial charge in [-0.1, -0.05) is 54.6 Å². The van der Waals surface area contributed by atoms with E-state index in [1.165, 1.54) is 0 Å². The minimum absolute atomic E-state index is 0.0506. The lowest BCUT2D eigenvalue weighted by atomic mass is 9.97. The molecule has 2 aromatic heterocycles. The zero-order valence-electron chi connectivity index (χ0n) is 26.4. The van der Waals surface area contributed by atoms with Crippen LogP contribution in [0.4, 0.5) is 0 Å².